The minimum absolute atomic E-state index is 0.0312. The lowest BCUT2D eigenvalue weighted by molar-refractivity contribution is -0.121. The predicted octanol–water partition coefficient (Wildman–Crippen LogP) is 6.39. The number of aromatic nitrogens is 4. The number of aliphatic hydroxyl groups is 1. The van der Waals surface area contributed by atoms with Crippen molar-refractivity contribution in [1.82, 2.24) is 24.4 Å². The van der Waals surface area contributed by atoms with Crippen molar-refractivity contribution in [3.8, 4) is 0 Å². The van der Waals surface area contributed by atoms with E-state index in [1.54, 1.807) is 16.8 Å². The Balaban J connectivity index is 0.992. The summed E-state index contributed by atoms with van der Waals surface area (Å²) in [6.07, 6.45) is 16.4. The molecule has 4 rings (SSSR count). The van der Waals surface area contributed by atoms with E-state index < -0.39 is 5.69 Å². The van der Waals surface area contributed by atoms with Crippen LogP contribution >= 0.6 is 11.8 Å². The highest BCUT2D eigenvalue weighted by atomic mass is 32.2. The molecule has 0 unspecified atom stereocenters. The molecule has 3 aromatic rings. The molecule has 1 saturated heterocycles. The first-order valence-electron chi connectivity index (χ1n) is 19.7. The van der Waals surface area contributed by atoms with E-state index in [4.69, 9.17) is 4.74 Å². The zero-order valence-electron chi connectivity index (χ0n) is 31.9. The molecule has 0 aliphatic carbocycles. The van der Waals surface area contributed by atoms with Crippen molar-refractivity contribution in [2.75, 3.05) is 25.0 Å². The first-order chi connectivity index (χ1) is 25.7. The first-order valence-corrected chi connectivity index (χ1v) is 20.5. The number of carbonyl (C=O) groups excluding carboxylic acids is 1. The van der Waals surface area contributed by atoms with E-state index in [9.17, 15) is 24.3 Å². The Kier molecular flexibility index (Phi) is 17.9. The van der Waals surface area contributed by atoms with Gasteiger partial charge < -0.3 is 20.5 Å². The molecule has 13 heteroatoms. The van der Waals surface area contributed by atoms with Gasteiger partial charge in [0.2, 0.25) is 5.91 Å². The van der Waals surface area contributed by atoms with Gasteiger partial charge >= 0.3 is 11.4 Å². The van der Waals surface area contributed by atoms with Crippen LogP contribution in [0.15, 0.2) is 54.8 Å². The van der Waals surface area contributed by atoms with Crippen molar-refractivity contribution in [2.45, 2.75) is 152 Å². The van der Waals surface area contributed by atoms with E-state index in [1.807, 2.05) is 20.8 Å². The number of hydrogen-bond acceptors (Lipinski definition) is 9. The zero-order valence-corrected chi connectivity index (χ0v) is 32.7. The molecule has 2 atom stereocenters. The number of rotatable bonds is 24. The van der Waals surface area contributed by atoms with Crippen LogP contribution in [0, 0.1) is 13.8 Å². The molecule has 0 spiro atoms. The Morgan fingerprint density at radius 3 is 2.21 bits per heavy atom. The number of ether oxygens (including phenoxy) is 1. The summed E-state index contributed by atoms with van der Waals surface area (Å²) in [5.41, 5.74) is 1.81. The molecule has 292 valence electrons. The minimum Gasteiger partial charge on any atom is -0.394 e. The Morgan fingerprint density at radius 1 is 0.925 bits per heavy atom. The number of nitrogens with zero attached hydrogens (tertiary/aromatic N) is 3. The number of aryl methyl sites for hydroxylation is 2. The summed E-state index contributed by atoms with van der Waals surface area (Å²) in [5, 5.41) is 16.2. The molecule has 1 fully saturated rings. The second kappa shape index (κ2) is 22.5. The molecule has 53 heavy (non-hydrogen) atoms. The van der Waals surface area contributed by atoms with Gasteiger partial charge in [-0.1, -0.05) is 76.1 Å². The number of aliphatic hydroxyl groups excluding tert-OH is 1. The Hall–Kier alpha value is -3.68. The lowest BCUT2D eigenvalue weighted by Gasteiger charge is -2.16. The molecule has 1 aliphatic rings. The Labute approximate surface area is 317 Å². The number of amides is 1. The van der Waals surface area contributed by atoms with Crippen LogP contribution in [0.2, 0.25) is 0 Å². The monoisotopic (exact) mass is 752 g/mol. The third kappa shape index (κ3) is 13.9. The summed E-state index contributed by atoms with van der Waals surface area (Å²) in [6.45, 7) is 7.89. The number of benzene rings is 1. The maximum atomic E-state index is 12.8. The van der Waals surface area contributed by atoms with E-state index >= 15 is 0 Å². The standard InChI is InChI=1S/C40H60N6O6S/c1-4-33-37(49)44-40(51)46(38(33)53-32-26-29(2)25-30(3)27-32)23-16-13-17-35(48)42-22-15-12-10-8-6-5-7-9-11-14-21-41-34-20-24-45(39(50)43-34)36-19-18-31(28-47)52-36/h20,24-27,31,36,47H,4-19,21-23,28H2,1-3H3,(H,42,48)(H,41,43,50)(H,44,49,51)/t31-,36+/m0/s1. The van der Waals surface area contributed by atoms with E-state index in [-0.39, 0.29) is 36.1 Å². The van der Waals surface area contributed by atoms with Crippen LogP contribution in [0.4, 0.5) is 5.82 Å². The van der Waals surface area contributed by atoms with Crippen molar-refractivity contribution in [2.24, 2.45) is 0 Å². The fourth-order valence-electron chi connectivity index (χ4n) is 6.84. The van der Waals surface area contributed by atoms with Crippen molar-refractivity contribution in [3.05, 3.63) is 78.5 Å². The lowest BCUT2D eigenvalue weighted by atomic mass is 10.1. The number of anilines is 1. The molecule has 1 amide bonds. The van der Waals surface area contributed by atoms with Gasteiger partial charge in [0.25, 0.3) is 5.56 Å². The van der Waals surface area contributed by atoms with Crippen LogP contribution in [0.25, 0.3) is 0 Å². The number of nitrogens with one attached hydrogen (secondary N) is 3. The normalized spacial score (nSPS) is 15.5. The highest BCUT2D eigenvalue weighted by Gasteiger charge is 2.26. The minimum atomic E-state index is -0.404. The van der Waals surface area contributed by atoms with Crippen molar-refractivity contribution in [1.29, 1.82) is 0 Å². The van der Waals surface area contributed by atoms with Crippen LogP contribution in [0.1, 0.15) is 126 Å². The fraction of sp³-hybridized carbons (Fsp3) is 0.625. The van der Waals surface area contributed by atoms with Crippen molar-refractivity contribution in [3.63, 3.8) is 0 Å². The van der Waals surface area contributed by atoms with Gasteiger partial charge in [0.15, 0.2) is 0 Å². The van der Waals surface area contributed by atoms with E-state index in [0.717, 1.165) is 54.7 Å². The van der Waals surface area contributed by atoms with Crippen molar-refractivity contribution >= 4 is 23.5 Å². The number of aromatic amines is 1. The smallest absolute Gasteiger partial charge is 0.351 e. The third-order valence-corrected chi connectivity index (χ3v) is 10.8. The van der Waals surface area contributed by atoms with Crippen LogP contribution in [0.3, 0.4) is 0 Å². The lowest BCUT2D eigenvalue weighted by Crippen LogP contribution is -2.34. The number of unbranched alkanes of at least 4 members (excludes halogenated alkanes) is 10. The SMILES string of the molecule is CCc1c(Sc2cc(C)cc(C)c2)n(CCCCC(=O)NCCCCCCCCCCCCNc2ccn([C@H]3CC[C@@H](CO)O3)c(=O)n2)c(=O)[nH]c1=O. The summed E-state index contributed by atoms with van der Waals surface area (Å²) in [6, 6.07) is 8.04. The zero-order chi connectivity index (χ0) is 38.0. The molecule has 3 heterocycles. The number of H-pyrrole nitrogens is 1. The summed E-state index contributed by atoms with van der Waals surface area (Å²) < 4.78 is 8.84. The van der Waals surface area contributed by atoms with Gasteiger partial charge in [0.05, 0.1) is 17.7 Å². The molecule has 4 N–H and O–H groups in total. The second-order valence-corrected chi connectivity index (χ2v) is 15.3. The predicted molar refractivity (Wildman–Crippen MR) is 211 cm³/mol. The van der Waals surface area contributed by atoms with Gasteiger partial charge in [-0.15, -0.1) is 0 Å². The number of hydrogen-bond donors (Lipinski definition) is 4. The quantitative estimate of drug-likeness (QED) is 0.0601. The van der Waals surface area contributed by atoms with E-state index in [1.165, 1.54) is 54.9 Å². The highest BCUT2D eigenvalue weighted by molar-refractivity contribution is 7.99. The Morgan fingerprint density at radius 2 is 1.58 bits per heavy atom. The molecule has 0 bridgehead atoms. The molecule has 1 aliphatic heterocycles. The van der Waals surface area contributed by atoms with Crippen LogP contribution in [-0.2, 0) is 22.5 Å². The van der Waals surface area contributed by atoms with Gasteiger partial charge in [0.1, 0.15) is 12.0 Å². The molecule has 2 aromatic heterocycles. The average Bonchev–Trinajstić information content (AvgIpc) is 3.60. The summed E-state index contributed by atoms with van der Waals surface area (Å²) >= 11 is 1.46. The van der Waals surface area contributed by atoms with Gasteiger partial charge in [-0.2, -0.15) is 4.98 Å². The third-order valence-electron chi connectivity index (χ3n) is 9.70. The van der Waals surface area contributed by atoms with E-state index in [2.05, 4.69) is 38.8 Å². The topological polar surface area (TPSA) is 160 Å². The maximum Gasteiger partial charge on any atom is 0.351 e. The molecule has 1 aromatic carbocycles. The van der Waals surface area contributed by atoms with Crippen LogP contribution in [-0.4, -0.2) is 55.9 Å². The first kappa shape index (κ1) is 42.1. The number of carbonyl (C=O) groups is 1. The average molecular weight is 753 g/mol. The van der Waals surface area contributed by atoms with Crippen molar-refractivity contribution < 1.29 is 14.6 Å². The fourth-order valence-corrected chi connectivity index (χ4v) is 8.19. The second-order valence-electron chi connectivity index (χ2n) is 14.2. The van der Waals surface area contributed by atoms with Gasteiger partial charge in [0, 0.05) is 42.7 Å². The summed E-state index contributed by atoms with van der Waals surface area (Å²) in [5.74, 6) is 0.632. The van der Waals surface area contributed by atoms with E-state index in [0.29, 0.717) is 61.6 Å². The molecule has 0 saturated carbocycles. The highest BCUT2D eigenvalue weighted by Crippen LogP contribution is 2.31. The van der Waals surface area contributed by atoms with Crippen LogP contribution in [0.5, 0.6) is 0 Å². The molecule has 12 nitrogen and oxygen atoms in total. The largest absolute Gasteiger partial charge is 0.394 e. The maximum absolute atomic E-state index is 12.8. The van der Waals surface area contributed by atoms with Gasteiger partial charge in [-0.3, -0.25) is 23.7 Å². The summed E-state index contributed by atoms with van der Waals surface area (Å²) in [7, 11) is 0. The molecule has 0 radical (unpaired) electrons. The molecular formula is C40H60N6O6S. The molecular weight excluding hydrogens is 693 g/mol. The van der Waals surface area contributed by atoms with Crippen LogP contribution < -0.4 is 27.6 Å². The van der Waals surface area contributed by atoms with Gasteiger partial charge in [-0.25, -0.2) is 9.59 Å². The summed E-state index contributed by atoms with van der Waals surface area (Å²) in [4.78, 5) is 57.9. The Bertz CT molecular complexity index is 1750. The van der Waals surface area contributed by atoms with Gasteiger partial charge in [-0.05, 0) is 88.1 Å².